The Hall–Kier alpha value is -3.64. The average molecular weight is 499 g/mol. The topological polar surface area (TPSA) is 135 Å². The van der Waals surface area contributed by atoms with Crippen molar-refractivity contribution in [2.45, 2.75) is 0 Å². The highest BCUT2D eigenvalue weighted by atomic mass is 16.7. The van der Waals surface area contributed by atoms with Crippen LogP contribution in [-0.2, 0) is 19.0 Å². The highest BCUT2D eigenvalue weighted by Gasteiger charge is 2.21. The predicted molar refractivity (Wildman–Crippen MR) is 133 cm³/mol. The Labute approximate surface area is 209 Å². The Morgan fingerprint density at radius 2 is 1.61 bits per heavy atom. The van der Waals surface area contributed by atoms with E-state index in [0.717, 1.165) is 11.3 Å². The van der Waals surface area contributed by atoms with Crippen molar-refractivity contribution in [3.63, 3.8) is 0 Å². The van der Waals surface area contributed by atoms with Gasteiger partial charge in [-0.15, -0.1) is 0 Å². The minimum absolute atomic E-state index is 0.197. The summed E-state index contributed by atoms with van der Waals surface area (Å²) in [6.45, 7) is 4.17. The fourth-order valence-corrected chi connectivity index (χ4v) is 3.30. The summed E-state index contributed by atoms with van der Waals surface area (Å²) in [6.07, 6.45) is 1.69. The van der Waals surface area contributed by atoms with Crippen LogP contribution in [0.2, 0.25) is 0 Å². The average Bonchev–Trinajstić information content (AvgIpc) is 3.49. The van der Waals surface area contributed by atoms with Gasteiger partial charge in [-0.3, -0.25) is 10.1 Å². The molecule has 11 heteroatoms. The van der Waals surface area contributed by atoms with E-state index in [-0.39, 0.29) is 12.7 Å². The first kappa shape index (κ1) is 25.5. The molecule has 0 bridgehead atoms. The van der Waals surface area contributed by atoms with E-state index in [9.17, 15) is 4.79 Å². The molecule has 11 nitrogen and oxygen atoms in total. The van der Waals surface area contributed by atoms with Crippen LogP contribution in [0.25, 0.3) is 6.08 Å². The standard InChI is InChI=1S/C25H30N4O7/c26-7-8-31-9-10-32-11-12-33-13-14-34-20-4-2-19(3-5-20)27-25-28-21(24(30)29-25)15-18-1-6-22-23(16-18)36-17-35-22/h1-6,15-16H,7-14,17,26H2,(H2,27,28,29,30)/b21-15-. The second-order valence-corrected chi connectivity index (χ2v) is 7.68. The van der Waals surface area contributed by atoms with Crippen LogP contribution in [0.1, 0.15) is 5.56 Å². The first-order chi connectivity index (χ1) is 17.7. The number of benzene rings is 2. The van der Waals surface area contributed by atoms with Gasteiger partial charge in [-0.2, -0.15) is 0 Å². The number of carbonyl (C=O) groups excluding carboxylic acids is 1. The molecular weight excluding hydrogens is 468 g/mol. The van der Waals surface area contributed by atoms with E-state index in [1.165, 1.54) is 0 Å². The SMILES string of the molecule is NCCOCCOCCOCCOc1ccc(NC2=N/C(=C\c3ccc4c(c3)OCO4)C(=O)N2)cc1. The van der Waals surface area contributed by atoms with Gasteiger partial charge >= 0.3 is 0 Å². The number of nitrogens with zero attached hydrogens (tertiary/aromatic N) is 1. The monoisotopic (exact) mass is 498 g/mol. The fourth-order valence-electron chi connectivity index (χ4n) is 3.30. The molecular formula is C25H30N4O7. The molecule has 0 unspecified atom stereocenters. The maximum Gasteiger partial charge on any atom is 0.276 e. The second-order valence-electron chi connectivity index (χ2n) is 7.68. The predicted octanol–water partition coefficient (Wildman–Crippen LogP) is 1.74. The third kappa shape index (κ3) is 7.68. The lowest BCUT2D eigenvalue weighted by molar-refractivity contribution is -0.115. The molecule has 0 aromatic heterocycles. The van der Waals surface area contributed by atoms with Crippen molar-refractivity contribution in [3.05, 3.63) is 53.7 Å². The number of guanidine groups is 1. The molecule has 0 spiro atoms. The van der Waals surface area contributed by atoms with Gasteiger partial charge in [0.2, 0.25) is 12.8 Å². The van der Waals surface area contributed by atoms with Crippen molar-refractivity contribution in [1.82, 2.24) is 5.32 Å². The minimum atomic E-state index is -0.291. The molecule has 0 saturated heterocycles. The van der Waals surface area contributed by atoms with Crippen LogP contribution in [0.3, 0.4) is 0 Å². The van der Waals surface area contributed by atoms with Crippen LogP contribution in [0.15, 0.2) is 53.2 Å². The van der Waals surface area contributed by atoms with E-state index >= 15 is 0 Å². The lowest BCUT2D eigenvalue weighted by Crippen LogP contribution is -2.29. The zero-order valence-electron chi connectivity index (χ0n) is 19.9. The largest absolute Gasteiger partial charge is 0.491 e. The molecule has 36 heavy (non-hydrogen) atoms. The van der Waals surface area contributed by atoms with Gasteiger partial charge in [0.15, 0.2) is 11.5 Å². The van der Waals surface area contributed by atoms with Crippen LogP contribution in [0.4, 0.5) is 5.69 Å². The van der Waals surface area contributed by atoms with Crippen LogP contribution < -0.4 is 30.6 Å². The molecule has 0 aliphatic carbocycles. The Morgan fingerprint density at radius 1 is 0.917 bits per heavy atom. The molecule has 0 saturated carbocycles. The van der Waals surface area contributed by atoms with Gasteiger partial charge in [-0.05, 0) is 48.0 Å². The van der Waals surface area contributed by atoms with Crippen molar-refractivity contribution in [3.8, 4) is 17.2 Å². The molecule has 2 aliphatic rings. The second kappa shape index (κ2) is 13.4. The Morgan fingerprint density at radius 3 is 2.36 bits per heavy atom. The first-order valence-electron chi connectivity index (χ1n) is 11.7. The lowest BCUT2D eigenvalue weighted by atomic mass is 10.1. The van der Waals surface area contributed by atoms with Crippen molar-refractivity contribution in [1.29, 1.82) is 0 Å². The van der Waals surface area contributed by atoms with Crippen molar-refractivity contribution in [2.24, 2.45) is 10.7 Å². The van der Waals surface area contributed by atoms with Gasteiger partial charge in [0, 0.05) is 12.2 Å². The van der Waals surface area contributed by atoms with E-state index in [2.05, 4.69) is 15.6 Å². The third-order valence-corrected chi connectivity index (χ3v) is 5.02. The molecule has 4 rings (SSSR count). The number of nitrogens with two attached hydrogens (primary N) is 1. The van der Waals surface area contributed by atoms with E-state index in [4.69, 9.17) is 34.2 Å². The van der Waals surface area contributed by atoms with Crippen LogP contribution in [-0.4, -0.2) is 71.5 Å². The summed E-state index contributed by atoms with van der Waals surface area (Å²) >= 11 is 0. The number of hydrogen-bond donors (Lipinski definition) is 3. The normalized spacial score (nSPS) is 15.2. The summed E-state index contributed by atoms with van der Waals surface area (Å²) < 4.78 is 32.4. The molecule has 2 aliphatic heterocycles. The minimum Gasteiger partial charge on any atom is -0.491 e. The van der Waals surface area contributed by atoms with Crippen molar-refractivity contribution >= 4 is 23.6 Å². The summed E-state index contributed by atoms with van der Waals surface area (Å²) in [5.41, 5.74) is 7.18. The quantitative estimate of drug-likeness (QED) is 0.263. The Balaban J connectivity index is 1.16. The zero-order valence-corrected chi connectivity index (χ0v) is 19.9. The molecule has 2 heterocycles. The van der Waals surface area contributed by atoms with Crippen LogP contribution in [0.5, 0.6) is 17.2 Å². The van der Waals surface area contributed by atoms with Gasteiger partial charge in [0.1, 0.15) is 18.1 Å². The number of amides is 1. The smallest absolute Gasteiger partial charge is 0.276 e. The Kier molecular flexibility index (Phi) is 9.51. The summed E-state index contributed by atoms with van der Waals surface area (Å²) in [7, 11) is 0. The highest BCUT2D eigenvalue weighted by molar-refractivity contribution is 6.17. The maximum absolute atomic E-state index is 12.3. The van der Waals surface area contributed by atoms with E-state index in [1.54, 1.807) is 12.1 Å². The number of nitrogens with one attached hydrogen (secondary N) is 2. The molecule has 4 N–H and O–H groups in total. The third-order valence-electron chi connectivity index (χ3n) is 5.02. The van der Waals surface area contributed by atoms with Gasteiger partial charge in [-0.25, -0.2) is 4.99 Å². The number of hydrogen-bond acceptors (Lipinski definition) is 10. The summed E-state index contributed by atoms with van der Waals surface area (Å²) in [5.74, 6) is 2.10. The number of aliphatic imine (C=N–C) groups is 1. The molecule has 0 radical (unpaired) electrons. The molecule has 0 atom stereocenters. The molecule has 2 aromatic rings. The van der Waals surface area contributed by atoms with Crippen LogP contribution in [0, 0.1) is 0 Å². The number of fused-ring (bicyclic) bond motifs is 1. The van der Waals surface area contributed by atoms with E-state index in [1.807, 2.05) is 36.4 Å². The van der Waals surface area contributed by atoms with Gasteiger partial charge in [0.05, 0.1) is 39.6 Å². The molecule has 0 fully saturated rings. The number of anilines is 1. The van der Waals surface area contributed by atoms with Gasteiger partial charge in [-0.1, -0.05) is 6.07 Å². The summed E-state index contributed by atoms with van der Waals surface area (Å²) in [6, 6.07) is 12.8. The van der Waals surface area contributed by atoms with Gasteiger partial charge in [0.25, 0.3) is 5.91 Å². The number of carbonyl (C=O) groups is 1. The van der Waals surface area contributed by atoms with Crippen LogP contribution >= 0.6 is 0 Å². The lowest BCUT2D eigenvalue weighted by Gasteiger charge is -2.09. The Bertz CT molecular complexity index is 1070. The summed E-state index contributed by atoms with van der Waals surface area (Å²) in [5, 5.41) is 5.81. The number of ether oxygens (including phenoxy) is 6. The highest BCUT2D eigenvalue weighted by Crippen LogP contribution is 2.33. The fraction of sp³-hybridized carbons (Fsp3) is 0.360. The van der Waals surface area contributed by atoms with E-state index < -0.39 is 0 Å². The van der Waals surface area contributed by atoms with Crippen molar-refractivity contribution in [2.75, 3.05) is 64.9 Å². The zero-order chi connectivity index (χ0) is 25.0. The van der Waals surface area contributed by atoms with E-state index in [0.29, 0.717) is 81.7 Å². The molecule has 2 aromatic carbocycles. The molecule has 192 valence electrons. The van der Waals surface area contributed by atoms with Crippen molar-refractivity contribution < 1.29 is 33.2 Å². The first-order valence-corrected chi connectivity index (χ1v) is 11.7. The summed E-state index contributed by atoms with van der Waals surface area (Å²) in [4.78, 5) is 16.7. The van der Waals surface area contributed by atoms with Gasteiger partial charge < -0.3 is 39.5 Å². The molecule has 1 amide bonds. The number of rotatable bonds is 14. The maximum atomic E-state index is 12.3.